The number of hydrogen-bond donors (Lipinski definition) is 0. The van der Waals surface area contributed by atoms with E-state index >= 15 is 0 Å². The Balaban J connectivity index is 1.98. The van der Waals surface area contributed by atoms with Gasteiger partial charge in [0.2, 0.25) is 0 Å². The molecule has 1 saturated carbocycles. The standard InChI is InChI=1S/C23H35NO3S/c1-16(2)15-27-19-8-7-17-14-23(11-9-18(26-6)10-12-23)21(20(17)13-19)24-28(25)22(3,4)5/h7-8,13,16,18H,9-12,14-15H2,1-6H3. The van der Waals surface area contributed by atoms with Crippen LogP contribution in [0.25, 0.3) is 0 Å². The van der Waals surface area contributed by atoms with Crippen LogP contribution in [0.2, 0.25) is 0 Å². The quantitative estimate of drug-likeness (QED) is 0.684. The normalized spacial score (nSPS) is 27.4. The van der Waals surface area contributed by atoms with E-state index < -0.39 is 11.0 Å². The molecule has 0 N–H and O–H groups in total. The minimum atomic E-state index is -1.27. The van der Waals surface area contributed by atoms with Crippen LogP contribution in [0.3, 0.4) is 0 Å². The monoisotopic (exact) mass is 405 g/mol. The number of fused-ring (bicyclic) bond motifs is 1. The highest BCUT2D eigenvalue weighted by Crippen LogP contribution is 2.49. The lowest BCUT2D eigenvalue weighted by atomic mass is 9.70. The molecule has 28 heavy (non-hydrogen) atoms. The molecule has 0 amide bonds. The van der Waals surface area contributed by atoms with Crippen LogP contribution in [-0.4, -0.2) is 34.5 Å². The first-order chi connectivity index (χ1) is 13.1. The van der Waals surface area contributed by atoms with E-state index in [1.807, 2.05) is 20.8 Å². The Morgan fingerprint density at radius 2 is 1.93 bits per heavy atom. The molecule has 0 aliphatic heterocycles. The van der Waals surface area contributed by atoms with Crippen molar-refractivity contribution >= 4 is 16.7 Å². The van der Waals surface area contributed by atoms with E-state index in [9.17, 15) is 4.21 Å². The van der Waals surface area contributed by atoms with Gasteiger partial charge in [-0.3, -0.25) is 0 Å². The number of nitrogens with zero attached hydrogens (tertiary/aromatic N) is 1. The molecule has 3 rings (SSSR count). The maximum absolute atomic E-state index is 12.9. The van der Waals surface area contributed by atoms with Crippen LogP contribution in [0.1, 0.15) is 71.4 Å². The number of hydrogen-bond acceptors (Lipinski definition) is 3. The van der Waals surface area contributed by atoms with Crippen molar-refractivity contribution in [1.29, 1.82) is 0 Å². The van der Waals surface area contributed by atoms with Gasteiger partial charge in [0.15, 0.2) is 0 Å². The summed E-state index contributed by atoms with van der Waals surface area (Å²) >= 11 is 0. The molecule has 1 aromatic rings. The van der Waals surface area contributed by atoms with Crippen molar-refractivity contribution in [3.63, 3.8) is 0 Å². The molecule has 0 aromatic heterocycles. The third-order valence-electron chi connectivity index (χ3n) is 5.87. The molecule has 0 saturated heterocycles. The summed E-state index contributed by atoms with van der Waals surface area (Å²) in [6, 6.07) is 6.37. The van der Waals surface area contributed by atoms with Crippen LogP contribution in [0.5, 0.6) is 5.75 Å². The topological polar surface area (TPSA) is 47.9 Å². The van der Waals surface area contributed by atoms with E-state index in [0.717, 1.165) is 49.1 Å². The lowest BCUT2D eigenvalue weighted by Gasteiger charge is -2.37. The van der Waals surface area contributed by atoms with Crippen molar-refractivity contribution in [3.8, 4) is 5.75 Å². The molecule has 1 unspecified atom stereocenters. The minimum Gasteiger partial charge on any atom is -0.493 e. The van der Waals surface area contributed by atoms with Crippen LogP contribution < -0.4 is 4.74 Å². The van der Waals surface area contributed by atoms with E-state index in [4.69, 9.17) is 13.9 Å². The molecule has 5 heteroatoms. The summed E-state index contributed by atoms with van der Waals surface area (Å²) in [6.45, 7) is 10.9. The summed E-state index contributed by atoms with van der Waals surface area (Å²) in [5.41, 5.74) is 3.45. The Hall–Kier alpha value is -1.20. The first-order valence-corrected chi connectivity index (χ1v) is 11.6. The largest absolute Gasteiger partial charge is 0.493 e. The molecule has 156 valence electrons. The SMILES string of the molecule is COC1CCC2(CC1)Cc1ccc(OCC(C)C)cc1C2=NS(=O)C(C)(C)C. The Morgan fingerprint density at radius 1 is 1.25 bits per heavy atom. The lowest BCUT2D eigenvalue weighted by Crippen LogP contribution is -2.36. The summed E-state index contributed by atoms with van der Waals surface area (Å²) in [7, 11) is 0.525. The Bertz CT molecular complexity index is 756. The molecule has 1 aromatic carbocycles. The summed E-state index contributed by atoms with van der Waals surface area (Å²) in [4.78, 5) is 0. The summed E-state index contributed by atoms with van der Waals surface area (Å²) < 4.78 is 29.0. The highest BCUT2D eigenvalue weighted by Gasteiger charge is 2.46. The van der Waals surface area contributed by atoms with Gasteiger partial charge in [-0.05, 0) is 76.5 Å². The van der Waals surface area contributed by atoms with Gasteiger partial charge in [0.25, 0.3) is 0 Å². The van der Waals surface area contributed by atoms with Gasteiger partial charge < -0.3 is 9.47 Å². The van der Waals surface area contributed by atoms with Crippen LogP contribution in [-0.2, 0) is 22.1 Å². The maximum atomic E-state index is 12.9. The predicted octanol–water partition coefficient (Wildman–Crippen LogP) is 5.10. The van der Waals surface area contributed by atoms with Crippen molar-refractivity contribution in [2.75, 3.05) is 13.7 Å². The van der Waals surface area contributed by atoms with Crippen LogP contribution >= 0.6 is 0 Å². The zero-order valence-electron chi connectivity index (χ0n) is 18.2. The van der Waals surface area contributed by atoms with Gasteiger partial charge in [-0.15, -0.1) is 0 Å². The average Bonchev–Trinajstić information content (AvgIpc) is 2.92. The second-order valence-corrected chi connectivity index (χ2v) is 11.6. The molecule has 2 aliphatic rings. The maximum Gasteiger partial charge on any atom is 0.145 e. The van der Waals surface area contributed by atoms with Crippen LogP contribution in [0.15, 0.2) is 22.6 Å². The molecule has 1 fully saturated rings. The zero-order valence-corrected chi connectivity index (χ0v) is 19.0. The van der Waals surface area contributed by atoms with Crippen LogP contribution in [0.4, 0.5) is 0 Å². The Morgan fingerprint density at radius 3 is 2.50 bits per heavy atom. The van der Waals surface area contributed by atoms with Crippen molar-refractivity contribution in [1.82, 2.24) is 0 Å². The van der Waals surface area contributed by atoms with Gasteiger partial charge in [-0.25, -0.2) is 4.21 Å². The van der Waals surface area contributed by atoms with Gasteiger partial charge in [0, 0.05) is 18.1 Å². The molecular weight excluding hydrogens is 370 g/mol. The van der Waals surface area contributed by atoms with Gasteiger partial charge in [0.1, 0.15) is 16.7 Å². The predicted molar refractivity (Wildman–Crippen MR) is 117 cm³/mol. The lowest BCUT2D eigenvalue weighted by molar-refractivity contribution is 0.0468. The highest BCUT2D eigenvalue weighted by molar-refractivity contribution is 7.85. The van der Waals surface area contributed by atoms with Crippen molar-refractivity contribution < 1.29 is 13.7 Å². The fourth-order valence-corrected chi connectivity index (χ4v) is 4.91. The molecule has 4 nitrogen and oxygen atoms in total. The third kappa shape index (κ3) is 4.51. The van der Waals surface area contributed by atoms with Crippen molar-refractivity contribution in [2.24, 2.45) is 15.7 Å². The molecular formula is C23H35NO3S. The van der Waals surface area contributed by atoms with Crippen LogP contribution in [0, 0.1) is 11.3 Å². The second kappa shape index (κ2) is 8.27. The van der Waals surface area contributed by atoms with Crippen molar-refractivity contribution in [2.45, 2.75) is 77.6 Å². The minimum absolute atomic E-state index is 0.0189. The highest BCUT2D eigenvalue weighted by atomic mass is 32.2. The summed E-state index contributed by atoms with van der Waals surface area (Å²) in [5, 5.41) is 0. The van der Waals surface area contributed by atoms with E-state index in [1.54, 1.807) is 7.11 Å². The molecule has 1 atom stereocenters. The first kappa shape index (κ1) is 21.5. The first-order valence-electron chi connectivity index (χ1n) is 10.4. The fraction of sp³-hybridized carbons (Fsp3) is 0.696. The third-order valence-corrected chi connectivity index (χ3v) is 7.27. The van der Waals surface area contributed by atoms with E-state index in [0.29, 0.717) is 18.6 Å². The smallest absolute Gasteiger partial charge is 0.145 e. The molecule has 0 heterocycles. The summed E-state index contributed by atoms with van der Waals surface area (Å²) in [6.07, 6.45) is 5.42. The zero-order chi connectivity index (χ0) is 20.5. The number of benzene rings is 1. The van der Waals surface area contributed by atoms with Gasteiger partial charge in [-0.2, -0.15) is 4.40 Å². The molecule has 0 bridgehead atoms. The number of rotatable bonds is 5. The molecule has 0 radical (unpaired) electrons. The van der Waals surface area contributed by atoms with Gasteiger partial charge >= 0.3 is 0 Å². The average molecular weight is 406 g/mol. The van der Waals surface area contributed by atoms with E-state index in [-0.39, 0.29) is 10.2 Å². The number of methoxy groups -OCH3 is 1. The Kier molecular flexibility index (Phi) is 6.35. The number of ether oxygens (including phenoxy) is 2. The van der Waals surface area contributed by atoms with Gasteiger partial charge in [-0.1, -0.05) is 19.9 Å². The van der Waals surface area contributed by atoms with Gasteiger partial charge in [0.05, 0.1) is 23.2 Å². The van der Waals surface area contributed by atoms with E-state index in [1.165, 1.54) is 5.56 Å². The molecule has 1 spiro atoms. The second-order valence-electron chi connectivity index (χ2n) is 9.72. The Labute approximate surface area is 172 Å². The van der Waals surface area contributed by atoms with Crippen molar-refractivity contribution in [3.05, 3.63) is 29.3 Å². The summed E-state index contributed by atoms with van der Waals surface area (Å²) in [5.74, 6) is 1.36. The fourth-order valence-electron chi connectivity index (χ4n) is 4.18. The molecule has 2 aliphatic carbocycles. The van der Waals surface area contributed by atoms with E-state index in [2.05, 4.69) is 32.0 Å².